The number of nitrogens with zero attached hydrogens (tertiary/aromatic N) is 6. The molecule has 12 heteroatoms. The minimum atomic E-state index is -0.701. The van der Waals surface area contributed by atoms with Crippen molar-refractivity contribution in [2.24, 2.45) is 5.41 Å². The standard InChI is InChI=1S/C38H42BrN7O4/c1-23-12-13-32(39)42-36(23)43-37(49)30-17-38-18-31(38)46(30)33(48)21-45-35-26(11-9-7-5-4-6-8-10-14-50-22-38)15-27(28-19-40-25(3)41-20-28)16-29(35)34(44-45)24(2)47/h8,10,12-13,15-16,19-20,30-31H,4-7,9,11,14,17-18,21-22H2,1-3H3,(H,42,43,49)/b10-8-/t30-,31+,38-/m0/s1. The number of carbonyl (C=O) groups is 3. The number of anilines is 1. The zero-order valence-corrected chi connectivity index (χ0v) is 30.3. The third-order valence-electron chi connectivity index (χ3n) is 10.3. The molecule has 0 unspecified atom stereocenters. The van der Waals surface area contributed by atoms with Gasteiger partial charge in [-0.1, -0.05) is 31.1 Å². The number of carbonyl (C=O) groups excluding carboxylic acids is 3. The molecule has 260 valence electrons. The van der Waals surface area contributed by atoms with Crippen molar-refractivity contribution in [2.75, 3.05) is 18.5 Å². The topological polar surface area (TPSA) is 132 Å². The Morgan fingerprint density at radius 3 is 2.62 bits per heavy atom. The fraction of sp³-hybridized carbons (Fsp3) is 0.447. The average molecular weight is 741 g/mol. The van der Waals surface area contributed by atoms with E-state index >= 15 is 0 Å². The van der Waals surface area contributed by atoms with Gasteiger partial charge in [0.15, 0.2) is 5.78 Å². The van der Waals surface area contributed by atoms with Gasteiger partial charge in [0, 0.05) is 41.7 Å². The Morgan fingerprint density at radius 1 is 1.02 bits per heavy atom. The van der Waals surface area contributed by atoms with Gasteiger partial charge >= 0.3 is 0 Å². The molecule has 2 fully saturated rings. The van der Waals surface area contributed by atoms with E-state index in [1.165, 1.54) is 6.92 Å². The summed E-state index contributed by atoms with van der Waals surface area (Å²) in [7, 11) is 0. The molecule has 2 aliphatic heterocycles. The second kappa shape index (κ2) is 14.1. The van der Waals surface area contributed by atoms with Crippen LogP contribution in [0.3, 0.4) is 0 Å². The highest BCUT2D eigenvalue weighted by molar-refractivity contribution is 9.10. The highest BCUT2D eigenvalue weighted by atomic mass is 79.9. The smallest absolute Gasteiger partial charge is 0.248 e. The molecule has 5 heterocycles. The molecule has 0 radical (unpaired) electrons. The molecule has 7 rings (SSSR count). The van der Waals surface area contributed by atoms with Crippen LogP contribution in [-0.4, -0.2) is 72.5 Å². The number of nitrogens with one attached hydrogen (secondary N) is 1. The molecule has 3 aliphatic rings. The molecule has 1 aromatic carbocycles. The van der Waals surface area contributed by atoms with Gasteiger partial charge in [-0.25, -0.2) is 15.0 Å². The lowest BCUT2D eigenvalue weighted by Crippen LogP contribution is -2.47. The van der Waals surface area contributed by atoms with Crippen molar-refractivity contribution in [1.29, 1.82) is 0 Å². The number of hydrogen-bond donors (Lipinski definition) is 1. The minimum Gasteiger partial charge on any atom is -0.377 e. The number of rotatable bonds is 4. The number of hydrogen-bond acceptors (Lipinski definition) is 8. The summed E-state index contributed by atoms with van der Waals surface area (Å²) in [4.78, 5) is 56.5. The fourth-order valence-corrected chi connectivity index (χ4v) is 7.90. The van der Waals surface area contributed by atoms with Crippen molar-refractivity contribution in [3.05, 3.63) is 76.1 Å². The Bertz CT molecular complexity index is 1990. The van der Waals surface area contributed by atoms with Gasteiger partial charge in [0.2, 0.25) is 11.8 Å². The lowest BCUT2D eigenvalue weighted by atomic mass is 9.96. The van der Waals surface area contributed by atoms with Gasteiger partial charge < -0.3 is 15.0 Å². The number of pyridine rings is 1. The Kier molecular flexibility index (Phi) is 9.67. The van der Waals surface area contributed by atoms with E-state index < -0.39 is 6.04 Å². The van der Waals surface area contributed by atoms with Gasteiger partial charge in [-0.15, -0.1) is 0 Å². The normalized spacial score (nSPS) is 23.4. The summed E-state index contributed by atoms with van der Waals surface area (Å²) in [6.07, 6.45) is 15.1. The first-order valence-corrected chi connectivity index (χ1v) is 18.2. The van der Waals surface area contributed by atoms with Crippen molar-refractivity contribution >= 4 is 50.2 Å². The van der Waals surface area contributed by atoms with Gasteiger partial charge in [-0.3, -0.25) is 19.1 Å². The van der Waals surface area contributed by atoms with Crippen LogP contribution in [0, 0.1) is 19.3 Å². The van der Waals surface area contributed by atoms with Crippen LogP contribution >= 0.6 is 15.9 Å². The highest BCUT2D eigenvalue weighted by Crippen LogP contribution is 2.60. The monoisotopic (exact) mass is 739 g/mol. The van der Waals surface area contributed by atoms with E-state index in [1.54, 1.807) is 22.0 Å². The number of piperidine rings is 1. The summed E-state index contributed by atoms with van der Waals surface area (Å²) < 4.78 is 8.42. The molecular weight excluding hydrogens is 698 g/mol. The summed E-state index contributed by atoms with van der Waals surface area (Å²) in [6.45, 7) is 6.11. The number of ether oxygens (including phenoxy) is 1. The summed E-state index contributed by atoms with van der Waals surface area (Å²) in [6, 6.07) is 6.96. The van der Waals surface area contributed by atoms with Crippen LogP contribution in [0.4, 0.5) is 5.82 Å². The number of allylic oxidation sites excluding steroid dienone is 1. The van der Waals surface area contributed by atoms with Crippen LogP contribution in [0.15, 0.2) is 53.4 Å². The first-order chi connectivity index (χ1) is 24.1. The largest absolute Gasteiger partial charge is 0.377 e. The van der Waals surface area contributed by atoms with E-state index in [0.717, 1.165) is 72.7 Å². The lowest BCUT2D eigenvalue weighted by Gasteiger charge is -2.27. The zero-order chi connectivity index (χ0) is 35.0. The molecule has 1 N–H and O–H groups in total. The summed E-state index contributed by atoms with van der Waals surface area (Å²) in [5.41, 5.74) is 4.40. The van der Waals surface area contributed by atoms with E-state index in [4.69, 9.17) is 9.84 Å². The maximum atomic E-state index is 14.5. The Hall–Kier alpha value is -4.29. The van der Waals surface area contributed by atoms with Gasteiger partial charge in [0.05, 0.1) is 18.7 Å². The van der Waals surface area contributed by atoms with Crippen molar-refractivity contribution < 1.29 is 19.1 Å². The van der Waals surface area contributed by atoms with E-state index in [1.807, 2.05) is 32.0 Å². The van der Waals surface area contributed by atoms with E-state index in [0.29, 0.717) is 47.0 Å². The van der Waals surface area contributed by atoms with E-state index in [2.05, 4.69) is 54.4 Å². The third kappa shape index (κ3) is 6.87. The summed E-state index contributed by atoms with van der Waals surface area (Å²) >= 11 is 3.40. The lowest BCUT2D eigenvalue weighted by molar-refractivity contribution is -0.138. The third-order valence-corrected chi connectivity index (χ3v) is 10.7. The van der Waals surface area contributed by atoms with Crippen LogP contribution in [0.25, 0.3) is 22.0 Å². The van der Waals surface area contributed by atoms with Crippen LogP contribution < -0.4 is 5.32 Å². The van der Waals surface area contributed by atoms with Crippen molar-refractivity contribution in [1.82, 2.24) is 29.6 Å². The molecule has 4 aromatic rings. The molecule has 1 saturated heterocycles. The molecule has 50 heavy (non-hydrogen) atoms. The zero-order valence-electron chi connectivity index (χ0n) is 28.7. The van der Waals surface area contributed by atoms with Crippen LogP contribution in [-0.2, 0) is 27.3 Å². The van der Waals surface area contributed by atoms with Crippen LogP contribution in [0.1, 0.15) is 79.3 Å². The minimum absolute atomic E-state index is 0.0993. The molecule has 0 spiro atoms. The molecule has 3 aromatic heterocycles. The highest BCUT2D eigenvalue weighted by Gasteiger charge is 2.67. The molecular formula is C38H42BrN7O4. The number of aromatic nitrogens is 5. The van der Waals surface area contributed by atoms with Gasteiger partial charge in [0.1, 0.15) is 34.5 Å². The Balaban J connectivity index is 1.28. The summed E-state index contributed by atoms with van der Waals surface area (Å²) in [5.74, 6) is 0.464. The molecule has 11 nitrogen and oxygen atoms in total. The Labute approximate surface area is 300 Å². The predicted molar refractivity (Wildman–Crippen MR) is 194 cm³/mol. The van der Waals surface area contributed by atoms with Crippen molar-refractivity contribution in [3.63, 3.8) is 0 Å². The molecule has 1 saturated carbocycles. The van der Waals surface area contributed by atoms with Crippen molar-refractivity contribution in [2.45, 2.75) is 90.8 Å². The second-order valence-corrected chi connectivity index (χ2v) is 14.8. The number of halogens is 1. The summed E-state index contributed by atoms with van der Waals surface area (Å²) in [5, 5.41) is 8.48. The first-order valence-electron chi connectivity index (χ1n) is 17.4. The number of ketones is 1. The maximum Gasteiger partial charge on any atom is 0.248 e. The molecule has 3 atom stereocenters. The number of benzene rings is 1. The fourth-order valence-electron chi connectivity index (χ4n) is 7.59. The first kappa shape index (κ1) is 34.2. The van der Waals surface area contributed by atoms with Gasteiger partial charge in [-0.05, 0) is 103 Å². The van der Waals surface area contributed by atoms with E-state index in [-0.39, 0.29) is 35.6 Å². The number of amides is 2. The van der Waals surface area contributed by atoms with Crippen LogP contribution in [0.2, 0.25) is 0 Å². The van der Waals surface area contributed by atoms with Crippen molar-refractivity contribution in [3.8, 4) is 11.1 Å². The molecule has 2 amide bonds. The SMILES string of the molecule is CC(=O)c1nn2c3c(cc(-c4cnc(C)nc4)cc13)CCCCCC/C=C\COC[C@@]13C[C@@H](C(=O)Nc4nc(Br)ccc4C)N(C(=O)C2)[C@@H]1C3. The van der Waals surface area contributed by atoms with Gasteiger partial charge in [0.25, 0.3) is 0 Å². The predicted octanol–water partition coefficient (Wildman–Crippen LogP) is 6.55. The van der Waals surface area contributed by atoms with Gasteiger partial charge in [-0.2, -0.15) is 5.10 Å². The number of aryl methyl sites for hydroxylation is 3. The molecule has 1 aliphatic carbocycles. The quantitative estimate of drug-likeness (QED) is 0.142. The van der Waals surface area contributed by atoms with E-state index in [9.17, 15) is 14.4 Å². The average Bonchev–Trinajstić information content (AvgIpc) is 3.49. The van der Waals surface area contributed by atoms with Crippen LogP contribution in [0.5, 0.6) is 0 Å². The Morgan fingerprint density at radius 2 is 1.82 bits per heavy atom. The molecule has 2 bridgehead atoms. The maximum absolute atomic E-state index is 14.5. The number of Topliss-reactive ketones (excluding diaryl/α,β-unsaturated/α-hetero) is 1. The second-order valence-electron chi connectivity index (χ2n) is 13.9.